The second-order valence-corrected chi connectivity index (χ2v) is 0. The Bertz CT molecular complexity index is 14.4. The predicted octanol–water partition coefficient (Wildman–Crippen LogP) is -0.491. The van der Waals surface area contributed by atoms with Gasteiger partial charge in [-0.05, 0) is 0 Å². The van der Waals surface area contributed by atoms with E-state index in [9.17, 15) is 0 Å². The summed E-state index contributed by atoms with van der Waals surface area (Å²) in [6, 6.07) is 0. The van der Waals surface area contributed by atoms with Crippen LogP contribution in [-0.2, 0) is 0 Å². The molecule has 0 saturated heterocycles. The van der Waals surface area contributed by atoms with E-state index in [0.29, 0.717) is 0 Å². The van der Waals surface area contributed by atoms with Crippen molar-refractivity contribution in [1.29, 1.82) is 5.26 Å². The summed E-state index contributed by atoms with van der Waals surface area (Å²) in [6.45, 7) is 3.50. The molecule has 0 aliphatic rings. The Labute approximate surface area is 72.6 Å². The van der Waals surface area contributed by atoms with Crippen LogP contribution in [-0.4, -0.2) is 61.9 Å². The fraction of sp³-hybridized carbons (Fsp3) is 0. The predicted molar refractivity (Wildman–Crippen MR) is 19.1 cm³/mol. The van der Waals surface area contributed by atoms with E-state index in [4.69, 9.17) is 15.8 Å². The van der Waals surface area contributed by atoms with E-state index in [-0.39, 0.29) is 51.4 Å². The second kappa shape index (κ2) is 75.5. The first-order valence-corrected chi connectivity index (χ1v) is 0.458. The van der Waals surface area contributed by atoms with Crippen LogP contribution >= 0.6 is 0 Å². The minimum absolute atomic E-state index is 0. The van der Waals surface area contributed by atoms with E-state index >= 15 is 0 Å². The van der Waals surface area contributed by atoms with Crippen LogP contribution in [0.15, 0.2) is 0 Å². The van der Waals surface area contributed by atoms with E-state index < -0.39 is 0 Å². The molecule has 0 saturated carbocycles. The van der Waals surface area contributed by atoms with Crippen LogP contribution in [0.1, 0.15) is 0 Å². The Morgan fingerprint density at radius 1 is 1.20 bits per heavy atom. The molecule has 0 spiro atoms. The molecular formula is CH4KNO2. The van der Waals surface area contributed by atoms with Crippen LogP contribution in [0.25, 0.3) is 0 Å². The standard InChI is InChI=1S/CHN.K.H2O2.H/c1-2;;1-2;/h1H;;1-2H;. The van der Waals surface area contributed by atoms with Crippen molar-refractivity contribution in [1.82, 2.24) is 0 Å². The van der Waals surface area contributed by atoms with E-state index in [0.717, 1.165) is 0 Å². The Morgan fingerprint density at radius 3 is 1.20 bits per heavy atom. The number of nitriles is 1. The van der Waals surface area contributed by atoms with Crippen molar-refractivity contribution in [3.8, 4) is 6.57 Å². The van der Waals surface area contributed by atoms with Gasteiger partial charge in [-0.25, -0.2) is 5.26 Å². The molecule has 0 aromatic heterocycles. The van der Waals surface area contributed by atoms with E-state index in [1.807, 2.05) is 0 Å². The summed E-state index contributed by atoms with van der Waals surface area (Å²) in [4.78, 5) is 0. The van der Waals surface area contributed by atoms with Gasteiger partial charge >= 0.3 is 51.4 Å². The molecule has 0 unspecified atom stereocenters. The summed E-state index contributed by atoms with van der Waals surface area (Å²) in [6.07, 6.45) is 0. The molecule has 0 heterocycles. The van der Waals surface area contributed by atoms with Crippen LogP contribution in [0.4, 0.5) is 0 Å². The van der Waals surface area contributed by atoms with Crippen molar-refractivity contribution in [3.05, 3.63) is 0 Å². The van der Waals surface area contributed by atoms with Gasteiger partial charge in [0.05, 0.1) is 0 Å². The molecule has 0 fully saturated rings. The molecule has 0 bridgehead atoms. The van der Waals surface area contributed by atoms with Crippen LogP contribution in [0, 0.1) is 11.8 Å². The molecule has 5 heavy (non-hydrogen) atoms. The molecule has 0 radical (unpaired) electrons. The third kappa shape index (κ3) is 42.8. The van der Waals surface area contributed by atoms with Crippen molar-refractivity contribution in [2.45, 2.75) is 0 Å². The van der Waals surface area contributed by atoms with Crippen LogP contribution in [0.5, 0.6) is 0 Å². The van der Waals surface area contributed by atoms with Gasteiger partial charge in [-0.2, -0.15) is 0 Å². The third-order valence-corrected chi connectivity index (χ3v) is 0. The van der Waals surface area contributed by atoms with Gasteiger partial charge in [-0.3, -0.25) is 10.5 Å². The Balaban J connectivity index is -0.0000000133. The third-order valence-electron chi connectivity index (χ3n) is 0. The molecule has 0 aromatic carbocycles. The van der Waals surface area contributed by atoms with Crippen molar-refractivity contribution in [3.63, 3.8) is 0 Å². The summed E-state index contributed by atoms with van der Waals surface area (Å²) in [5, 5.41) is 18.5. The first-order chi connectivity index (χ1) is 2.00. The normalized spacial score (nSPS) is 1.60. The van der Waals surface area contributed by atoms with E-state index in [1.165, 1.54) is 0 Å². The average Bonchev–Trinajstić information content (AvgIpc) is 1.50. The Morgan fingerprint density at radius 2 is 1.20 bits per heavy atom. The summed E-state index contributed by atoms with van der Waals surface area (Å²) in [5.41, 5.74) is 0. The van der Waals surface area contributed by atoms with Crippen molar-refractivity contribution >= 4 is 51.4 Å². The maximum atomic E-state index is 6.50. The zero-order valence-corrected chi connectivity index (χ0v) is 1.92. The SMILES string of the molecule is C#N.OO.[KH]. The quantitative estimate of drug-likeness (QED) is 0.246. The zero-order chi connectivity index (χ0) is 4.00. The molecule has 4 heteroatoms. The maximum absolute atomic E-state index is 6.50. The van der Waals surface area contributed by atoms with Crippen LogP contribution < -0.4 is 0 Å². The number of rotatable bonds is 0. The fourth-order valence-electron chi connectivity index (χ4n) is 0. The summed E-state index contributed by atoms with van der Waals surface area (Å²) < 4.78 is 0. The van der Waals surface area contributed by atoms with Gasteiger partial charge in [-0.15, -0.1) is 0 Å². The van der Waals surface area contributed by atoms with E-state index in [1.54, 1.807) is 0 Å². The molecular weight excluding hydrogens is 97.1 g/mol. The number of hydrogen-bond donors (Lipinski definition) is 2. The van der Waals surface area contributed by atoms with Gasteiger partial charge in [0.2, 0.25) is 0 Å². The van der Waals surface area contributed by atoms with Gasteiger partial charge in [0, 0.05) is 6.57 Å². The fourth-order valence-corrected chi connectivity index (χ4v) is 0. The van der Waals surface area contributed by atoms with Gasteiger partial charge in [-0.1, -0.05) is 0 Å². The first-order valence-electron chi connectivity index (χ1n) is 0.458. The summed E-state index contributed by atoms with van der Waals surface area (Å²) in [7, 11) is 0. The van der Waals surface area contributed by atoms with Crippen molar-refractivity contribution in [2.24, 2.45) is 0 Å². The number of hydrogen-bond acceptors (Lipinski definition) is 3. The van der Waals surface area contributed by atoms with Crippen LogP contribution in [0.2, 0.25) is 0 Å². The summed E-state index contributed by atoms with van der Waals surface area (Å²) >= 11 is 0. The monoisotopic (exact) mass is 101 g/mol. The average molecular weight is 101 g/mol. The molecule has 3 nitrogen and oxygen atoms in total. The molecule has 0 rings (SSSR count). The molecule has 0 atom stereocenters. The van der Waals surface area contributed by atoms with Gasteiger partial charge < -0.3 is 0 Å². The minimum atomic E-state index is 0. The molecule has 0 aromatic rings. The molecule has 0 amide bonds. The molecule has 0 aliphatic carbocycles. The molecule has 26 valence electrons. The van der Waals surface area contributed by atoms with Gasteiger partial charge in [0.1, 0.15) is 0 Å². The number of nitrogens with zero attached hydrogens (tertiary/aromatic N) is 1. The molecule has 0 aliphatic heterocycles. The first kappa shape index (κ1) is 16.6. The second-order valence-electron chi connectivity index (χ2n) is 0. The zero-order valence-electron chi connectivity index (χ0n) is 1.92. The van der Waals surface area contributed by atoms with Crippen molar-refractivity contribution < 1.29 is 10.5 Å². The van der Waals surface area contributed by atoms with Crippen LogP contribution in [0.3, 0.4) is 0 Å². The summed E-state index contributed by atoms with van der Waals surface area (Å²) in [5.74, 6) is 0. The molecule has 2 N–H and O–H groups in total. The van der Waals surface area contributed by atoms with E-state index in [2.05, 4.69) is 6.57 Å². The topological polar surface area (TPSA) is 64.2 Å². The Hall–Kier alpha value is 1.05. The van der Waals surface area contributed by atoms with Gasteiger partial charge in [0.15, 0.2) is 0 Å². The Kier molecular flexibility index (Phi) is 250. The van der Waals surface area contributed by atoms with Crippen molar-refractivity contribution in [2.75, 3.05) is 0 Å². The van der Waals surface area contributed by atoms with Gasteiger partial charge in [0.25, 0.3) is 0 Å².